The Morgan fingerprint density at radius 1 is 1.12 bits per heavy atom. The van der Waals surface area contributed by atoms with Crippen molar-refractivity contribution < 1.29 is 19.1 Å². The number of pyridine rings is 1. The average molecular weight is 597 g/mol. The van der Waals surface area contributed by atoms with Crippen molar-refractivity contribution in [2.75, 3.05) is 43.9 Å². The number of likely N-dealkylation sites (tertiary alicyclic amines) is 1. The molecular weight excluding hydrogens is 564 g/mol. The molecule has 43 heavy (non-hydrogen) atoms. The Morgan fingerprint density at radius 3 is 2.65 bits per heavy atom. The minimum absolute atomic E-state index is 0.0568. The maximum absolute atomic E-state index is 13.5. The second-order valence-electron chi connectivity index (χ2n) is 10.8. The molecule has 1 saturated heterocycles. The minimum atomic E-state index is -0.372. The number of hydrogen-bond donors (Lipinski definition) is 2. The number of para-hydroxylation sites is 1. The molecule has 2 N–H and O–H groups in total. The number of anilines is 3. The van der Waals surface area contributed by atoms with Crippen molar-refractivity contribution in [3.05, 3.63) is 83.9 Å². The van der Waals surface area contributed by atoms with Gasteiger partial charge < -0.3 is 25.2 Å². The molecule has 2 aromatic carbocycles. The number of carbonyl (C=O) groups excluding carboxylic acids is 3. The van der Waals surface area contributed by atoms with Crippen LogP contribution in [0.3, 0.4) is 0 Å². The summed E-state index contributed by atoms with van der Waals surface area (Å²) in [5, 5.41) is 6.75. The van der Waals surface area contributed by atoms with E-state index in [9.17, 15) is 14.4 Å². The van der Waals surface area contributed by atoms with E-state index in [1.807, 2.05) is 79.7 Å². The fraction of sp³-hybridized carbons (Fsp3) is 0.250. The van der Waals surface area contributed by atoms with Crippen LogP contribution in [0.25, 0.3) is 10.2 Å². The Hall–Kier alpha value is -4.74. The van der Waals surface area contributed by atoms with Gasteiger partial charge in [-0.05, 0) is 69.4 Å². The van der Waals surface area contributed by atoms with Crippen LogP contribution in [0, 0.1) is 0 Å². The van der Waals surface area contributed by atoms with E-state index in [1.54, 1.807) is 28.1 Å². The van der Waals surface area contributed by atoms with Crippen LogP contribution in [0.5, 0.6) is 11.5 Å². The van der Waals surface area contributed by atoms with Crippen molar-refractivity contribution >= 4 is 56.5 Å². The predicted octanol–water partition coefficient (Wildman–Crippen LogP) is 5.61. The number of benzene rings is 2. The number of piperidine rings is 1. The number of nitrogens with zero attached hydrogens (tertiary/aromatic N) is 4. The maximum atomic E-state index is 13.5. The van der Waals surface area contributed by atoms with Crippen LogP contribution in [0.1, 0.15) is 22.5 Å². The summed E-state index contributed by atoms with van der Waals surface area (Å²) in [4.78, 5) is 50.5. The van der Waals surface area contributed by atoms with E-state index in [2.05, 4.69) is 15.6 Å². The standard InChI is InChI=1S/C32H32N6O4S/c1-36(2)18-7-11-26(39)37-19-6-8-21(20-37)34-30(40)29-28-27-25(16-17-33-31(27)43-29)38(32(41)35-28)22-12-14-24(15-13-22)42-23-9-4-3-5-10-23/h3-5,7,9-17,21H,6,8,18-20H2,1-2H3,(H,34,40)(H,35,41). The molecule has 4 aromatic rings. The van der Waals surface area contributed by atoms with E-state index >= 15 is 0 Å². The molecule has 220 valence electrons. The number of aromatic nitrogens is 1. The zero-order chi connectivity index (χ0) is 29.9. The molecule has 4 heterocycles. The summed E-state index contributed by atoms with van der Waals surface area (Å²) in [5.74, 6) is 1.02. The molecule has 0 spiro atoms. The number of rotatable bonds is 8. The van der Waals surface area contributed by atoms with Gasteiger partial charge in [-0.2, -0.15) is 0 Å². The summed E-state index contributed by atoms with van der Waals surface area (Å²) in [6.07, 6.45) is 6.65. The highest BCUT2D eigenvalue weighted by molar-refractivity contribution is 7.21. The number of ether oxygens (including phenoxy) is 1. The van der Waals surface area contributed by atoms with Gasteiger partial charge in [0.25, 0.3) is 5.91 Å². The van der Waals surface area contributed by atoms with E-state index in [4.69, 9.17) is 4.74 Å². The highest BCUT2D eigenvalue weighted by Crippen LogP contribution is 2.46. The van der Waals surface area contributed by atoms with Gasteiger partial charge >= 0.3 is 6.03 Å². The third-order valence-corrected chi connectivity index (χ3v) is 8.42. The van der Waals surface area contributed by atoms with Crippen LogP contribution in [-0.4, -0.2) is 72.4 Å². The number of thiophene rings is 1. The summed E-state index contributed by atoms with van der Waals surface area (Å²) in [6.45, 7) is 1.77. The molecule has 1 atom stereocenters. The fourth-order valence-electron chi connectivity index (χ4n) is 5.30. The smallest absolute Gasteiger partial charge is 0.331 e. The number of likely N-dealkylation sites (N-methyl/N-ethyl adjacent to an activating group) is 1. The molecule has 1 fully saturated rings. The molecule has 0 saturated carbocycles. The zero-order valence-corrected chi connectivity index (χ0v) is 24.8. The lowest BCUT2D eigenvalue weighted by atomic mass is 10.1. The van der Waals surface area contributed by atoms with Crippen molar-refractivity contribution in [3.8, 4) is 11.5 Å². The van der Waals surface area contributed by atoms with Gasteiger partial charge in [-0.3, -0.25) is 14.5 Å². The molecule has 0 bridgehead atoms. The first-order valence-corrected chi connectivity index (χ1v) is 15.0. The number of amides is 4. The molecule has 1 unspecified atom stereocenters. The topological polar surface area (TPSA) is 107 Å². The van der Waals surface area contributed by atoms with Gasteiger partial charge in [-0.15, -0.1) is 11.3 Å². The molecular formula is C32H32N6O4S. The highest BCUT2D eigenvalue weighted by Gasteiger charge is 2.33. The molecule has 0 radical (unpaired) electrons. The molecule has 2 aromatic heterocycles. The van der Waals surface area contributed by atoms with Crippen LogP contribution in [-0.2, 0) is 4.79 Å². The van der Waals surface area contributed by atoms with E-state index < -0.39 is 0 Å². The van der Waals surface area contributed by atoms with Crippen LogP contribution in [0.2, 0.25) is 0 Å². The first kappa shape index (κ1) is 28.4. The lowest BCUT2D eigenvalue weighted by Gasteiger charge is -2.32. The quantitative estimate of drug-likeness (QED) is 0.256. The maximum Gasteiger partial charge on any atom is 0.331 e. The third-order valence-electron chi connectivity index (χ3n) is 7.33. The molecule has 2 aliphatic rings. The van der Waals surface area contributed by atoms with Crippen molar-refractivity contribution in [2.45, 2.75) is 18.9 Å². The monoisotopic (exact) mass is 596 g/mol. The molecule has 11 heteroatoms. The van der Waals surface area contributed by atoms with Gasteiger partial charge in [0.2, 0.25) is 5.91 Å². The van der Waals surface area contributed by atoms with Crippen molar-refractivity contribution in [2.24, 2.45) is 0 Å². The normalized spacial score (nSPS) is 16.5. The average Bonchev–Trinajstić information content (AvgIpc) is 3.38. The Labute approximate surface area is 253 Å². The van der Waals surface area contributed by atoms with Gasteiger partial charge in [0, 0.05) is 37.9 Å². The molecule has 4 amide bonds. The summed E-state index contributed by atoms with van der Waals surface area (Å²) >= 11 is 1.24. The number of carbonyl (C=O) groups is 3. The largest absolute Gasteiger partial charge is 0.457 e. The second-order valence-corrected chi connectivity index (χ2v) is 11.8. The fourth-order valence-corrected chi connectivity index (χ4v) is 6.33. The van der Waals surface area contributed by atoms with Crippen molar-refractivity contribution in [1.82, 2.24) is 20.1 Å². The minimum Gasteiger partial charge on any atom is -0.457 e. The van der Waals surface area contributed by atoms with Crippen molar-refractivity contribution in [1.29, 1.82) is 0 Å². The van der Waals surface area contributed by atoms with Crippen molar-refractivity contribution in [3.63, 3.8) is 0 Å². The van der Waals surface area contributed by atoms with Gasteiger partial charge in [0.15, 0.2) is 0 Å². The lowest BCUT2D eigenvalue weighted by molar-refractivity contribution is -0.127. The van der Waals surface area contributed by atoms with Crippen LogP contribution < -0.4 is 20.3 Å². The van der Waals surface area contributed by atoms with Gasteiger partial charge in [-0.1, -0.05) is 24.3 Å². The predicted molar refractivity (Wildman–Crippen MR) is 168 cm³/mol. The first-order valence-electron chi connectivity index (χ1n) is 14.1. The Kier molecular flexibility index (Phi) is 8.08. The number of nitrogens with one attached hydrogen (secondary N) is 2. The number of urea groups is 1. The summed E-state index contributed by atoms with van der Waals surface area (Å²) < 4.78 is 5.90. The molecule has 2 aliphatic heterocycles. The first-order chi connectivity index (χ1) is 20.9. The van der Waals surface area contributed by atoms with Crippen LogP contribution in [0.4, 0.5) is 21.9 Å². The van der Waals surface area contributed by atoms with Crippen LogP contribution in [0.15, 0.2) is 79.0 Å². The highest BCUT2D eigenvalue weighted by atomic mass is 32.1. The molecule has 10 nitrogen and oxygen atoms in total. The summed E-state index contributed by atoms with van der Waals surface area (Å²) in [5.41, 5.74) is 1.76. The van der Waals surface area contributed by atoms with E-state index in [1.165, 1.54) is 11.3 Å². The summed E-state index contributed by atoms with van der Waals surface area (Å²) in [6, 6.07) is 18.0. The molecule has 0 aliphatic carbocycles. The second kappa shape index (κ2) is 12.2. The Balaban J connectivity index is 1.20. The zero-order valence-electron chi connectivity index (χ0n) is 23.9. The third kappa shape index (κ3) is 6.08. The summed E-state index contributed by atoms with van der Waals surface area (Å²) in [7, 11) is 3.89. The SMILES string of the molecule is CN(C)CC=CC(=O)N1CCCC(NC(=O)c2sc3nccc4c3c2NC(=O)N4c2ccc(Oc3ccccc3)cc2)C1. The van der Waals surface area contributed by atoms with E-state index in [0.717, 1.165) is 18.6 Å². The van der Waals surface area contributed by atoms with E-state index in [0.29, 0.717) is 57.5 Å². The molecule has 6 rings (SSSR count). The van der Waals surface area contributed by atoms with Gasteiger partial charge in [-0.25, -0.2) is 9.78 Å². The van der Waals surface area contributed by atoms with Gasteiger partial charge in [0.1, 0.15) is 21.2 Å². The Bertz CT molecular complexity index is 1690. The lowest BCUT2D eigenvalue weighted by Crippen LogP contribution is -2.49. The van der Waals surface area contributed by atoms with Gasteiger partial charge in [0.05, 0.1) is 22.4 Å². The van der Waals surface area contributed by atoms with Crippen LogP contribution >= 0.6 is 11.3 Å². The Morgan fingerprint density at radius 2 is 1.88 bits per heavy atom. The number of hydrogen-bond acceptors (Lipinski definition) is 7. The van der Waals surface area contributed by atoms with E-state index in [-0.39, 0.29) is 23.9 Å².